The van der Waals surface area contributed by atoms with E-state index in [1.54, 1.807) is 6.07 Å². The fraction of sp³-hybridized carbons (Fsp3) is 0.227. The summed E-state index contributed by atoms with van der Waals surface area (Å²) in [5.74, 6) is 0.862. The second-order valence-corrected chi connectivity index (χ2v) is 6.95. The molecule has 0 saturated carbocycles. The summed E-state index contributed by atoms with van der Waals surface area (Å²) in [7, 11) is 0. The summed E-state index contributed by atoms with van der Waals surface area (Å²) >= 11 is 0. The number of hydrogen-bond acceptors (Lipinski definition) is 7. The number of nitrogens with zero attached hydrogens (tertiary/aromatic N) is 3. The average Bonchev–Trinajstić information content (AvgIpc) is 3.29. The maximum Gasteiger partial charge on any atom is 0.272 e. The fourth-order valence-electron chi connectivity index (χ4n) is 3.17. The van der Waals surface area contributed by atoms with Crippen LogP contribution in [-0.4, -0.2) is 39.3 Å². The Bertz CT molecular complexity index is 1220. The summed E-state index contributed by atoms with van der Waals surface area (Å²) in [6.07, 6.45) is 0.648. The minimum atomic E-state index is -0.205. The van der Waals surface area contributed by atoms with Crippen molar-refractivity contribution in [2.45, 2.75) is 19.4 Å². The van der Waals surface area contributed by atoms with E-state index in [1.165, 1.54) is 0 Å². The number of carbonyl (C=O) groups is 1. The van der Waals surface area contributed by atoms with Crippen LogP contribution in [0.15, 0.2) is 63.9 Å². The molecule has 9 nitrogen and oxygen atoms in total. The molecule has 4 rings (SSSR count). The van der Waals surface area contributed by atoms with Crippen LogP contribution in [0, 0.1) is 0 Å². The molecule has 4 aromatic rings. The Balaban J connectivity index is 1.18. The minimum absolute atomic E-state index is 0.0890. The van der Waals surface area contributed by atoms with Gasteiger partial charge in [0.15, 0.2) is 0 Å². The highest BCUT2D eigenvalue weighted by Gasteiger charge is 2.10. The molecule has 0 bridgehead atoms. The summed E-state index contributed by atoms with van der Waals surface area (Å²) in [6, 6.07) is 16.9. The van der Waals surface area contributed by atoms with Gasteiger partial charge < -0.3 is 15.2 Å². The molecule has 0 atom stereocenters. The Kier molecular flexibility index (Phi) is 6.44. The predicted octanol–water partition coefficient (Wildman–Crippen LogP) is 1.81. The quantitative estimate of drug-likeness (QED) is 0.354. The van der Waals surface area contributed by atoms with E-state index in [2.05, 4.69) is 31.0 Å². The normalized spacial score (nSPS) is 11.0. The van der Waals surface area contributed by atoms with Crippen molar-refractivity contribution < 1.29 is 9.32 Å². The number of aromatic nitrogens is 4. The van der Waals surface area contributed by atoms with E-state index < -0.39 is 0 Å². The van der Waals surface area contributed by atoms with Crippen LogP contribution in [0.4, 0.5) is 0 Å². The number of hydrogen-bond donors (Lipinski definition) is 3. The van der Waals surface area contributed by atoms with Gasteiger partial charge in [-0.15, -0.1) is 0 Å². The zero-order chi connectivity index (χ0) is 21.5. The fourth-order valence-corrected chi connectivity index (χ4v) is 3.17. The molecule has 31 heavy (non-hydrogen) atoms. The van der Waals surface area contributed by atoms with Crippen LogP contribution < -0.4 is 16.2 Å². The summed E-state index contributed by atoms with van der Waals surface area (Å²) < 4.78 is 5.22. The summed E-state index contributed by atoms with van der Waals surface area (Å²) in [4.78, 5) is 28.2. The molecule has 0 aliphatic carbocycles. The highest BCUT2D eigenvalue weighted by Crippen LogP contribution is 2.15. The SMILES string of the molecule is O=C(CCc1nc(-c2ccccc2)no1)NCCNCc1n[nH]c(=O)c2ccccc12. The summed E-state index contributed by atoms with van der Waals surface area (Å²) in [6.45, 7) is 1.52. The van der Waals surface area contributed by atoms with Gasteiger partial charge in [0.05, 0.1) is 11.1 Å². The second kappa shape index (κ2) is 9.77. The first-order valence-corrected chi connectivity index (χ1v) is 10.0. The van der Waals surface area contributed by atoms with Gasteiger partial charge in [0.1, 0.15) is 0 Å². The van der Waals surface area contributed by atoms with Crippen LogP contribution in [0.2, 0.25) is 0 Å². The lowest BCUT2D eigenvalue weighted by molar-refractivity contribution is -0.121. The maximum absolute atomic E-state index is 12.1. The van der Waals surface area contributed by atoms with Crippen molar-refractivity contribution in [3.8, 4) is 11.4 Å². The van der Waals surface area contributed by atoms with Crippen LogP contribution in [0.25, 0.3) is 22.2 Å². The van der Waals surface area contributed by atoms with E-state index in [4.69, 9.17) is 4.52 Å². The second-order valence-electron chi connectivity index (χ2n) is 6.95. The third kappa shape index (κ3) is 5.20. The molecule has 9 heteroatoms. The molecular formula is C22H22N6O3. The van der Waals surface area contributed by atoms with E-state index in [0.717, 1.165) is 16.6 Å². The number of rotatable bonds is 9. The lowest BCUT2D eigenvalue weighted by Gasteiger charge is -2.08. The van der Waals surface area contributed by atoms with Crippen LogP contribution >= 0.6 is 0 Å². The third-order valence-corrected chi connectivity index (χ3v) is 4.76. The van der Waals surface area contributed by atoms with E-state index >= 15 is 0 Å². The number of amides is 1. The van der Waals surface area contributed by atoms with E-state index in [9.17, 15) is 9.59 Å². The van der Waals surface area contributed by atoms with Crippen molar-refractivity contribution in [1.82, 2.24) is 31.0 Å². The zero-order valence-corrected chi connectivity index (χ0v) is 16.8. The molecule has 0 unspecified atom stereocenters. The van der Waals surface area contributed by atoms with E-state index in [0.29, 0.717) is 43.2 Å². The average molecular weight is 418 g/mol. The molecule has 0 aliphatic heterocycles. The van der Waals surface area contributed by atoms with Crippen molar-refractivity contribution in [3.05, 3.63) is 76.5 Å². The molecule has 0 spiro atoms. The Morgan fingerprint density at radius 2 is 1.77 bits per heavy atom. The molecule has 0 aliphatic rings. The van der Waals surface area contributed by atoms with Gasteiger partial charge in [-0.1, -0.05) is 53.7 Å². The molecule has 0 saturated heterocycles. The Morgan fingerprint density at radius 1 is 1.00 bits per heavy atom. The Labute approximate surface area is 177 Å². The van der Waals surface area contributed by atoms with Crippen LogP contribution in [0.3, 0.4) is 0 Å². The van der Waals surface area contributed by atoms with Crippen LogP contribution in [0.5, 0.6) is 0 Å². The van der Waals surface area contributed by atoms with Crippen molar-refractivity contribution in [1.29, 1.82) is 0 Å². The van der Waals surface area contributed by atoms with Crippen molar-refractivity contribution in [2.75, 3.05) is 13.1 Å². The van der Waals surface area contributed by atoms with Gasteiger partial charge >= 0.3 is 0 Å². The van der Waals surface area contributed by atoms with Crippen molar-refractivity contribution in [3.63, 3.8) is 0 Å². The smallest absolute Gasteiger partial charge is 0.272 e. The number of carbonyl (C=O) groups excluding carboxylic acids is 1. The number of aryl methyl sites for hydroxylation is 1. The van der Waals surface area contributed by atoms with Crippen molar-refractivity contribution >= 4 is 16.7 Å². The number of benzene rings is 2. The third-order valence-electron chi connectivity index (χ3n) is 4.76. The van der Waals surface area contributed by atoms with Gasteiger partial charge in [-0.05, 0) is 6.07 Å². The van der Waals surface area contributed by atoms with Gasteiger partial charge in [0.25, 0.3) is 5.56 Å². The lowest BCUT2D eigenvalue weighted by Crippen LogP contribution is -2.32. The molecule has 0 radical (unpaired) electrons. The first kappa shape index (κ1) is 20.4. The van der Waals surface area contributed by atoms with Gasteiger partial charge in [0, 0.05) is 43.4 Å². The molecule has 0 fully saturated rings. The molecule has 2 aromatic heterocycles. The van der Waals surface area contributed by atoms with Crippen LogP contribution in [0.1, 0.15) is 18.0 Å². The van der Waals surface area contributed by atoms with Gasteiger partial charge in [-0.2, -0.15) is 10.1 Å². The van der Waals surface area contributed by atoms with Crippen LogP contribution in [-0.2, 0) is 17.8 Å². The molecule has 3 N–H and O–H groups in total. The summed E-state index contributed by atoms with van der Waals surface area (Å²) in [5.41, 5.74) is 1.42. The first-order chi connectivity index (χ1) is 15.2. The molecule has 2 heterocycles. The highest BCUT2D eigenvalue weighted by atomic mass is 16.5. The number of H-pyrrole nitrogens is 1. The predicted molar refractivity (Wildman–Crippen MR) is 115 cm³/mol. The topological polar surface area (TPSA) is 126 Å². The van der Waals surface area contributed by atoms with E-state index in [-0.39, 0.29) is 17.9 Å². The van der Waals surface area contributed by atoms with Gasteiger partial charge in [0.2, 0.25) is 17.6 Å². The van der Waals surface area contributed by atoms with E-state index in [1.807, 2.05) is 48.5 Å². The number of aromatic amines is 1. The zero-order valence-electron chi connectivity index (χ0n) is 16.8. The first-order valence-electron chi connectivity index (χ1n) is 10.0. The number of nitrogens with one attached hydrogen (secondary N) is 3. The standard InChI is InChI=1S/C22H22N6O3/c29-19(10-11-20-25-21(28-31-20)15-6-2-1-3-7-15)24-13-12-23-14-18-16-8-4-5-9-17(16)22(30)27-26-18/h1-9,23H,10-14H2,(H,24,29)(H,27,30). The maximum atomic E-state index is 12.1. The molecule has 2 aromatic carbocycles. The minimum Gasteiger partial charge on any atom is -0.355 e. The van der Waals surface area contributed by atoms with Crippen molar-refractivity contribution in [2.24, 2.45) is 0 Å². The highest BCUT2D eigenvalue weighted by molar-refractivity contribution is 5.83. The Hall–Kier alpha value is -3.85. The van der Waals surface area contributed by atoms with Gasteiger partial charge in [-0.3, -0.25) is 9.59 Å². The molecular weight excluding hydrogens is 396 g/mol. The monoisotopic (exact) mass is 418 g/mol. The molecule has 158 valence electrons. The molecule has 1 amide bonds. The number of fused-ring (bicyclic) bond motifs is 1. The summed E-state index contributed by atoms with van der Waals surface area (Å²) in [5, 5.41) is 18.1. The Morgan fingerprint density at radius 3 is 2.61 bits per heavy atom. The lowest BCUT2D eigenvalue weighted by atomic mass is 10.1. The van der Waals surface area contributed by atoms with Gasteiger partial charge in [-0.25, -0.2) is 5.10 Å². The largest absolute Gasteiger partial charge is 0.355 e.